The van der Waals surface area contributed by atoms with Crippen molar-refractivity contribution in [1.29, 1.82) is 0 Å². The first kappa shape index (κ1) is 12.9. The molecule has 0 saturated carbocycles. The summed E-state index contributed by atoms with van der Waals surface area (Å²) in [7, 11) is 0. The molecule has 0 unspecified atom stereocenters. The van der Waals surface area contributed by atoms with Gasteiger partial charge in [0.15, 0.2) is 0 Å². The van der Waals surface area contributed by atoms with Crippen molar-refractivity contribution >= 4 is 21.9 Å². The summed E-state index contributed by atoms with van der Waals surface area (Å²) in [6.07, 6.45) is 0.708. The van der Waals surface area contributed by atoms with Gasteiger partial charge < -0.3 is 14.6 Å². The van der Waals surface area contributed by atoms with Crippen molar-refractivity contribution in [2.75, 3.05) is 6.54 Å². The van der Waals surface area contributed by atoms with E-state index in [0.29, 0.717) is 18.5 Å². The van der Waals surface area contributed by atoms with Gasteiger partial charge in [0.05, 0.1) is 0 Å². The maximum atomic E-state index is 11.6. The molecule has 0 aliphatic carbocycles. The van der Waals surface area contributed by atoms with Crippen molar-refractivity contribution in [3.63, 3.8) is 0 Å². The Balaban J connectivity index is 2.48. The van der Waals surface area contributed by atoms with E-state index in [-0.39, 0.29) is 5.63 Å². The van der Waals surface area contributed by atoms with Crippen molar-refractivity contribution in [3.8, 4) is 0 Å². The van der Waals surface area contributed by atoms with E-state index in [2.05, 4.69) is 0 Å². The minimum atomic E-state index is -0.331. The normalized spacial score (nSPS) is 11.6. The fraction of sp³-hybridized carbons (Fsp3) is 0.312. The summed E-state index contributed by atoms with van der Waals surface area (Å²) in [6, 6.07) is 3.55. The standard InChI is InChI=1S/C16H17NO3/c1-8-6-14(18)20-15-10(3)16-12(7-11(8)15)9(2)13(19-16)4-5-17/h6-7H,4-5,17H2,1-3H3. The topological polar surface area (TPSA) is 69.4 Å². The van der Waals surface area contributed by atoms with Crippen LogP contribution in [0.1, 0.15) is 22.5 Å². The summed E-state index contributed by atoms with van der Waals surface area (Å²) in [5, 5.41) is 2.02. The van der Waals surface area contributed by atoms with E-state index >= 15 is 0 Å². The smallest absolute Gasteiger partial charge is 0.336 e. The van der Waals surface area contributed by atoms with Gasteiger partial charge >= 0.3 is 5.63 Å². The van der Waals surface area contributed by atoms with Crippen LogP contribution in [-0.2, 0) is 6.42 Å². The molecule has 4 heteroatoms. The Morgan fingerprint density at radius 3 is 2.40 bits per heavy atom. The molecule has 0 aliphatic heterocycles. The minimum absolute atomic E-state index is 0.331. The van der Waals surface area contributed by atoms with Gasteiger partial charge in [-0.05, 0) is 44.5 Å². The summed E-state index contributed by atoms with van der Waals surface area (Å²) < 4.78 is 11.3. The highest BCUT2D eigenvalue weighted by atomic mass is 16.4. The zero-order chi connectivity index (χ0) is 14.4. The molecule has 0 atom stereocenters. The molecule has 3 aromatic rings. The first-order valence-corrected chi connectivity index (χ1v) is 6.69. The van der Waals surface area contributed by atoms with Crippen LogP contribution in [0.25, 0.3) is 21.9 Å². The molecule has 0 aliphatic rings. The van der Waals surface area contributed by atoms with Crippen molar-refractivity contribution in [2.45, 2.75) is 27.2 Å². The molecular weight excluding hydrogens is 254 g/mol. The van der Waals surface area contributed by atoms with Crippen molar-refractivity contribution in [2.24, 2.45) is 5.73 Å². The highest BCUT2D eigenvalue weighted by Crippen LogP contribution is 2.34. The average molecular weight is 271 g/mol. The van der Waals surface area contributed by atoms with Crippen LogP contribution in [0.15, 0.2) is 25.8 Å². The number of hydrogen-bond acceptors (Lipinski definition) is 4. The number of aryl methyl sites for hydroxylation is 3. The summed E-state index contributed by atoms with van der Waals surface area (Å²) in [5.74, 6) is 0.904. The molecular formula is C16H17NO3. The zero-order valence-corrected chi connectivity index (χ0v) is 11.9. The third-order valence-electron chi connectivity index (χ3n) is 3.84. The van der Waals surface area contributed by atoms with Gasteiger partial charge in [-0.25, -0.2) is 4.79 Å². The summed E-state index contributed by atoms with van der Waals surface area (Å²) in [4.78, 5) is 11.6. The van der Waals surface area contributed by atoms with Gasteiger partial charge in [0.2, 0.25) is 0 Å². The molecule has 104 valence electrons. The largest absolute Gasteiger partial charge is 0.460 e. The van der Waals surface area contributed by atoms with E-state index in [0.717, 1.165) is 38.8 Å². The van der Waals surface area contributed by atoms with E-state index in [1.807, 2.05) is 26.8 Å². The van der Waals surface area contributed by atoms with Gasteiger partial charge in [-0.2, -0.15) is 0 Å². The first-order valence-electron chi connectivity index (χ1n) is 6.69. The molecule has 0 amide bonds. The van der Waals surface area contributed by atoms with Crippen LogP contribution in [0.4, 0.5) is 0 Å². The lowest BCUT2D eigenvalue weighted by molar-refractivity contribution is 0.538. The van der Waals surface area contributed by atoms with Crippen molar-refractivity contribution in [3.05, 3.63) is 45.0 Å². The third kappa shape index (κ3) is 1.76. The van der Waals surface area contributed by atoms with Gasteiger partial charge in [0.1, 0.15) is 16.9 Å². The second kappa shape index (κ2) is 4.49. The Bertz CT molecular complexity index is 871. The van der Waals surface area contributed by atoms with Crippen molar-refractivity contribution < 1.29 is 8.83 Å². The van der Waals surface area contributed by atoms with Crippen LogP contribution in [0.2, 0.25) is 0 Å². The van der Waals surface area contributed by atoms with Gasteiger partial charge in [-0.1, -0.05) is 0 Å². The fourth-order valence-electron chi connectivity index (χ4n) is 2.72. The zero-order valence-electron chi connectivity index (χ0n) is 11.9. The van der Waals surface area contributed by atoms with Gasteiger partial charge in [0, 0.05) is 28.8 Å². The van der Waals surface area contributed by atoms with Crippen LogP contribution in [0.3, 0.4) is 0 Å². The molecule has 0 saturated heterocycles. The monoisotopic (exact) mass is 271 g/mol. The molecule has 2 N–H and O–H groups in total. The van der Waals surface area contributed by atoms with E-state index in [1.54, 1.807) is 0 Å². The SMILES string of the molecule is Cc1cc(=O)oc2c(C)c3oc(CCN)c(C)c3cc12. The van der Waals surface area contributed by atoms with Gasteiger partial charge in [-0.15, -0.1) is 0 Å². The van der Waals surface area contributed by atoms with Gasteiger partial charge in [0.25, 0.3) is 0 Å². The van der Waals surface area contributed by atoms with Crippen LogP contribution >= 0.6 is 0 Å². The number of benzene rings is 1. The number of fused-ring (bicyclic) bond motifs is 2. The Morgan fingerprint density at radius 1 is 1.00 bits per heavy atom. The maximum absolute atomic E-state index is 11.6. The van der Waals surface area contributed by atoms with E-state index in [9.17, 15) is 4.79 Å². The fourth-order valence-corrected chi connectivity index (χ4v) is 2.72. The van der Waals surface area contributed by atoms with E-state index in [1.165, 1.54) is 6.07 Å². The molecule has 4 nitrogen and oxygen atoms in total. The molecule has 20 heavy (non-hydrogen) atoms. The lowest BCUT2D eigenvalue weighted by Crippen LogP contribution is -2.02. The van der Waals surface area contributed by atoms with Crippen LogP contribution in [0.5, 0.6) is 0 Å². The van der Waals surface area contributed by atoms with Crippen LogP contribution < -0.4 is 11.4 Å². The third-order valence-corrected chi connectivity index (χ3v) is 3.84. The molecule has 0 fully saturated rings. The Hall–Kier alpha value is -2.07. The highest BCUT2D eigenvalue weighted by Gasteiger charge is 2.16. The molecule has 0 radical (unpaired) electrons. The quantitative estimate of drug-likeness (QED) is 0.727. The second-order valence-corrected chi connectivity index (χ2v) is 5.19. The summed E-state index contributed by atoms with van der Waals surface area (Å²) in [5.41, 5.74) is 9.57. The average Bonchev–Trinajstić information content (AvgIpc) is 2.70. The molecule has 0 spiro atoms. The molecule has 3 rings (SSSR count). The Morgan fingerprint density at radius 2 is 1.70 bits per heavy atom. The number of nitrogens with two attached hydrogens (primary N) is 1. The first-order chi connectivity index (χ1) is 9.52. The van der Waals surface area contributed by atoms with Crippen molar-refractivity contribution in [1.82, 2.24) is 0 Å². The highest BCUT2D eigenvalue weighted by molar-refractivity contribution is 5.99. The predicted octanol–water partition coefficient (Wildman–Crippen LogP) is 2.97. The van der Waals surface area contributed by atoms with Crippen LogP contribution in [0, 0.1) is 20.8 Å². The number of hydrogen-bond donors (Lipinski definition) is 1. The van der Waals surface area contributed by atoms with E-state index < -0.39 is 0 Å². The van der Waals surface area contributed by atoms with Crippen LogP contribution in [-0.4, -0.2) is 6.54 Å². The molecule has 1 aromatic carbocycles. The second-order valence-electron chi connectivity index (χ2n) is 5.19. The van der Waals surface area contributed by atoms with E-state index in [4.69, 9.17) is 14.6 Å². The molecule has 2 heterocycles. The Labute approximate surface area is 116 Å². The summed E-state index contributed by atoms with van der Waals surface area (Å²) in [6.45, 7) is 6.42. The maximum Gasteiger partial charge on any atom is 0.336 e. The summed E-state index contributed by atoms with van der Waals surface area (Å²) >= 11 is 0. The number of furan rings is 1. The molecule has 2 aromatic heterocycles. The predicted molar refractivity (Wildman–Crippen MR) is 79.2 cm³/mol. The number of rotatable bonds is 2. The lowest BCUT2D eigenvalue weighted by atomic mass is 10.0. The lowest BCUT2D eigenvalue weighted by Gasteiger charge is -2.04. The molecule has 0 bridgehead atoms. The van der Waals surface area contributed by atoms with Gasteiger partial charge in [-0.3, -0.25) is 0 Å². The Kier molecular flexibility index (Phi) is 2.91. The minimum Gasteiger partial charge on any atom is -0.460 e.